The second-order valence-corrected chi connectivity index (χ2v) is 9.78. The number of benzene rings is 2. The van der Waals surface area contributed by atoms with Crippen LogP contribution in [0.4, 0.5) is 18.9 Å². The lowest BCUT2D eigenvalue weighted by Crippen LogP contribution is -2.41. The lowest BCUT2D eigenvalue weighted by Gasteiger charge is -2.32. The summed E-state index contributed by atoms with van der Waals surface area (Å²) in [6.07, 6.45) is 2.05. The van der Waals surface area contributed by atoms with Crippen LogP contribution in [0.3, 0.4) is 0 Å². The van der Waals surface area contributed by atoms with Gasteiger partial charge in [-0.05, 0) is 73.4 Å². The number of allylic oxidation sites excluding steroid dienone is 2. The second kappa shape index (κ2) is 11.5. The van der Waals surface area contributed by atoms with Crippen LogP contribution in [0.15, 0.2) is 54.1 Å². The van der Waals surface area contributed by atoms with Crippen molar-refractivity contribution in [2.24, 2.45) is 0 Å². The first-order valence-corrected chi connectivity index (χ1v) is 12.6. The van der Waals surface area contributed by atoms with Gasteiger partial charge in [-0.1, -0.05) is 35.9 Å². The third-order valence-electron chi connectivity index (χ3n) is 7.30. The number of halogens is 3. The molecule has 8 heteroatoms. The number of amides is 1. The van der Waals surface area contributed by atoms with Gasteiger partial charge < -0.3 is 14.4 Å². The van der Waals surface area contributed by atoms with E-state index in [0.29, 0.717) is 17.9 Å². The largest absolute Gasteiger partial charge is 0.573 e. The van der Waals surface area contributed by atoms with Gasteiger partial charge in [0.25, 0.3) is 0 Å². The number of fused-ring (bicyclic) bond motifs is 1. The van der Waals surface area contributed by atoms with Gasteiger partial charge in [-0.25, -0.2) is 0 Å². The van der Waals surface area contributed by atoms with E-state index in [1.54, 1.807) is 4.90 Å². The molecule has 0 saturated heterocycles. The van der Waals surface area contributed by atoms with E-state index in [9.17, 15) is 22.8 Å². The fourth-order valence-electron chi connectivity index (χ4n) is 5.34. The molecule has 2 aliphatic rings. The molecule has 1 amide bonds. The van der Waals surface area contributed by atoms with Gasteiger partial charge in [-0.3, -0.25) is 9.59 Å². The number of carbonyl (C=O) groups excluding carboxylic acids is 2. The molecule has 1 saturated carbocycles. The zero-order chi connectivity index (χ0) is 26.6. The van der Waals surface area contributed by atoms with Crippen molar-refractivity contribution in [1.82, 2.24) is 0 Å². The van der Waals surface area contributed by atoms with Crippen molar-refractivity contribution in [3.63, 3.8) is 0 Å². The Morgan fingerprint density at radius 1 is 1.14 bits per heavy atom. The summed E-state index contributed by atoms with van der Waals surface area (Å²) in [6, 6.07) is 11.6. The Kier molecular flexibility index (Phi) is 8.37. The number of hydrogen-bond donors (Lipinski definition) is 0. The third kappa shape index (κ3) is 6.80. The lowest BCUT2D eigenvalue weighted by molar-refractivity contribution is -0.274. The maximum atomic E-state index is 13.5. The van der Waals surface area contributed by atoms with Crippen LogP contribution in [-0.4, -0.2) is 38.3 Å². The third-order valence-corrected chi connectivity index (χ3v) is 7.30. The van der Waals surface area contributed by atoms with Crippen molar-refractivity contribution in [2.75, 3.05) is 25.2 Å². The van der Waals surface area contributed by atoms with Crippen LogP contribution >= 0.6 is 0 Å². The monoisotopic (exact) mass is 515 g/mol. The van der Waals surface area contributed by atoms with Crippen molar-refractivity contribution in [3.8, 4) is 5.75 Å². The van der Waals surface area contributed by atoms with Crippen LogP contribution in [0.1, 0.15) is 67.6 Å². The Hall–Kier alpha value is -3.13. The molecule has 0 bridgehead atoms. The van der Waals surface area contributed by atoms with Crippen LogP contribution in [0.25, 0.3) is 0 Å². The average Bonchev–Trinajstić information content (AvgIpc) is 2.87. The highest BCUT2D eigenvalue weighted by Crippen LogP contribution is 2.39. The fourth-order valence-corrected chi connectivity index (χ4v) is 5.34. The van der Waals surface area contributed by atoms with Crippen molar-refractivity contribution >= 4 is 17.4 Å². The van der Waals surface area contributed by atoms with Crippen LogP contribution in [0.5, 0.6) is 5.75 Å². The molecule has 0 radical (unpaired) electrons. The molecule has 1 unspecified atom stereocenters. The molecule has 5 nitrogen and oxygen atoms in total. The van der Waals surface area contributed by atoms with Crippen molar-refractivity contribution in [1.29, 1.82) is 0 Å². The van der Waals surface area contributed by atoms with E-state index >= 15 is 0 Å². The number of methoxy groups -OCH3 is 1. The number of anilines is 1. The quantitative estimate of drug-likeness (QED) is 0.397. The van der Waals surface area contributed by atoms with Crippen LogP contribution in [-0.2, 0) is 20.7 Å². The van der Waals surface area contributed by atoms with E-state index in [-0.39, 0.29) is 37.0 Å². The molecule has 1 atom stereocenters. The number of ketones is 1. The molecule has 1 fully saturated rings. The number of alkyl halides is 3. The minimum atomic E-state index is -4.77. The summed E-state index contributed by atoms with van der Waals surface area (Å²) >= 11 is 0. The Bertz CT molecular complexity index is 1150. The molecule has 37 heavy (non-hydrogen) atoms. The molecular weight excluding hydrogens is 483 g/mol. The molecule has 1 aliphatic carbocycles. The Labute approximate surface area is 215 Å². The molecule has 0 N–H and O–H groups in total. The maximum absolute atomic E-state index is 13.5. The van der Waals surface area contributed by atoms with Crippen LogP contribution in [0, 0.1) is 0 Å². The highest BCUT2D eigenvalue weighted by Gasteiger charge is 2.32. The van der Waals surface area contributed by atoms with Gasteiger partial charge in [0.2, 0.25) is 5.91 Å². The lowest BCUT2D eigenvalue weighted by atomic mass is 9.80. The molecule has 0 aromatic heterocycles. The summed E-state index contributed by atoms with van der Waals surface area (Å²) in [4.78, 5) is 27.6. The number of ether oxygens (including phenoxy) is 2. The van der Waals surface area contributed by atoms with E-state index in [0.717, 1.165) is 36.9 Å². The molecular formula is C29H32F3NO4. The molecule has 0 spiro atoms. The van der Waals surface area contributed by atoms with E-state index in [1.807, 2.05) is 6.07 Å². The first-order chi connectivity index (χ1) is 17.7. The summed E-state index contributed by atoms with van der Waals surface area (Å²) < 4.78 is 46.8. The van der Waals surface area contributed by atoms with Gasteiger partial charge in [0.15, 0.2) is 5.78 Å². The first-order valence-electron chi connectivity index (χ1n) is 12.6. The smallest absolute Gasteiger partial charge is 0.406 e. The number of carbonyl (C=O) groups is 2. The van der Waals surface area contributed by atoms with E-state index in [2.05, 4.69) is 29.9 Å². The van der Waals surface area contributed by atoms with Gasteiger partial charge in [0.05, 0.1) is 13.2 Å². The normalized spacial score (nSPS) is 18.8. The van der Waals surface area contributed by atoms with E-state index in [1.165, 1.54) is 42.5 Å². The van der Waals surface area contributed by atoms with Crippen LogP contribution in [0.2, 0.25) is 0 Å². The molecule has 1 heterocycles. The number of hydrogen-bond acceptors (Lipinski definition) is 4. The van der Waals surface area contributed by atoms with Gasteiger partial charge >= 0.3 is 6.36 Å². The highest BCUT2D eigenvalue weighted by molar-refractivity contribution is 6.03. The zero-order valence-electron chi connectivity index (χ0n) is 21.1. The SMILES string of the molecule is CC=C1CCC(c2ccc3c(c2)N(C(=O)CC(COC)c2ccc(OC(F)(F)F)cc2)CC(=O)C3)CC1. The van der Waals surface area contributed by atoms with Crippen molar-refractivity contribution in [2.45, 2.75) is 63.6 Å². The molecule has 1 aliphatic heterocycles. The Morgan fingerprint density at radius 3 is 2.46 bits per heavy atom. The molecule has 2 aromatic carbocycles. The second-order valence-electron chi connectivity index (χ2n) is 9.78. The highest BCUT2D eigenvalue weighted by atomic mass is 19.4. The number of Topliss-reactive ketones (excluding diaryl/α,β-unsaturated/α-hetero) is 1. The number of rotatable bonds is 7. The zero-order valence-corrected chi connectivity index (χ0v) is 21.1. The van der Waals surface area contributed by atoms with Crippen LogP contribution < -0.4 is 9.64 Å². The molecule has 198 valence electrons. The van der Waals surface area contributed by atoms with Gasteiger partial charge in [0.1, 0.15) is 5.75 Å². The topological polar surface area (TPSA) is 55.8 Å². The van der Waals surface area contributed by atoms with Crippen molar-refractivity contribution in [3.05, 3.63) is 70.8 Å². The summed E-state index contributed by atoms with van der Waals surface area (Å²) in [5, 5.41) is 0. The van der Waals surface area contributed by atoms with Gasteiger partial charge in [0, 0.05) is 31.6 Å². The molecule has 2 aromatic rings. The fraction of sp³-hybridized carbons (Fsp3) is 0.448. The van der Waals surface area contributed by atoms with Crippen molar-refractivity contribution < 1.29 is 32.2 Å². The Morgan fingerprint density at radius 2 is 1.84 bits per heavy atom. The summed E-state index contributed by atoms with van der Waals surface area (Å²) in [6.45, 7) is 2.30. The maximum Gasteiger partial charge on any atom is 0.573 e. The summed E-state index contributed by atoms with van der Waals surface area (Å²) in [5.41, 5.74) is 4.96. The minimum Gasteiger partial charge on any atom is -0.406 e. The first kappa shape index (κ1) is 26.9. The number of nitrogens with zero attached hydrogens (tertiary/aromatic N) is 1. The minimum absolute atomic E-state index is 0.0146. The van der Waals surface area contributed by atoms with E-state index in [4.69, 9.17) is 4.74 Å². The van der Waals surface area contributed by atoms with Gasteiger partial charge in [-0.15, -0.1) is 13.2 Å². The summed E-state index contributed by atoms with van der Waals surface area (Å²) in [7, 11) is 1.51. The predicted molar refractivity (Wildman–Crippen MR) is 135 cm³/mol. The molecule has 4 rings (SSSR count). The summed E-state index contributed by atoms with van der Waals surface area (Å²) in [5.74, 6) is -0.545. The predicted octanol–water partition coefficient (Wildman–Crippen LogP) is 6.47. The average molecular weight is 516 g/mol. The standard InChI is InChI=1S/C29H32F3NO4/c1-3-19-4-6-20(7-5-19)22-8-9-23-14-25(34)17-33(27(23)15-22)28(35)16-24(18-36-2)21-10-12-26(13-11-21)37-29(30,31)32/h3,8-13,15,20,24H,4-7,14,16-18H2,1-2H3. The van der Waals surface area contributed by atoms with E-state index < -0.39 is 12.3 Å². The van der Waals surface area contributed by atoms with Gasteiger partial charge in [-0.2, -0.15) is 0 Å². The Balaban J connectivity index is 1.53.